The number of hydrogen-bond acceptors (Lipinski definition) is 7. The number of aliphatic hydroxyl groups excluding tert-OH is 1. The first-order chi connectivity index (χ1) is 12.4. The zero-order valence-electron chi connectivity index (χ0n) is 14.4. The van der Waals surface area contributed by atoms with Crippen molar-refractivity contribution in [1.29, 1.82) is 5.26 Å². The van der Waals surface area contributed by atoms with E-state index < -0.39 is 29.9 Å². The van der Waals surface area contributed by atoms with Crippen LogP contribution in [0.4, 0.5) is 5.69 Å². The molecule has 2 amide bonds. The number of benzene rings is 1. The minimum atomic E-state index is -1.23. The minimum absolute atomic E-state index is 0.0333. The SMILES string of the molecule is CN=C(C(=O)NC(CO)C(N)=O)c1cc(OCC2(C#N)CC2)ccc1N. The molecule has 1 aliphatic carbocycles. The molecule has 1 saturated carbocycles. The lowest BCUT2D eigenvalue weighted by molar-refractivity contribution is -0.125. The molecule has 1 aliphatic rings. The predicted octanol–water partition coefficient (Wildman–Crippen LogP) is -0.667. The molecule has 0 aliphatic heterocycles. The number of anilines is 1. The molecule has 0 aromatic heterocycles. The number of rotatable bonds is 8. The van der Waals surface area contributed by atoms with Crippen LogP contribution >= 0.6 is 0 Å². The third-order valence-electron chi connectivity index (χ3n) is 4.16. The standard InChI is InChI=1S/C17H21N5O4/c1-21-14(16(25)22-13(7-23)15(20)24)11-6-10(2-3-12(11)19)26-9-17(8-18)4-5-17/h2-3,6,13,23H,4-5,7,9,19H2,1H3,(H2,20,24)(H,22,25). The molecule has 0 saturated heterocycles. The maximum atomic E-state index is 12.4. The highest BCUT2D eigenvalue weighted by molar-refractivity contribution is 6.46. The summed E-state index contributed by atoms with van der Waals surface area (Å²) in [7, 11) is 1.40. The predicted molar refractivity (Wildman–Crippen MR) is 94.3 cm³/mol. The van der Waals surface area contributed by atoms with Crippen molar-refractivity contribution in [3.63, 3.8) is 0 Å². The Labute approximate surface area is 150 Å². The minimum Gasteiger partial charge on any atom is -0.492 e. The molecule has 1 aromatic rings. The summed E-state index contributed by atoms with van der Waals surface area (Å²) in [6, 6.07) is 5.75. The van der Waals surface area contributed by atoms with Gasteiger partial charge in [-0.15, -0.1) is 0 Å². The summed E-state index contributed by atoms with van der Waals surface area (Å²) in [6.07, 6.45) is 1.59. The lowest BCUT2D eigenvalue weighted by Gasteiger charge is -2.16. The van der Waals surface area contributed by atoms with Crippen LogP contribution in [0.1, 0.15) is 18.4 Å². The van der Waals surface area contributed by atoms with Crippen molar-refractivity contribution in [3.8, 4) is 11.8 Å². The number of nitriles is 1. The number of primary amides is 1. The highest BCUT2D eigenvalue weighted by atomic mass is 16.5. The maximum absolute atomic E-state index is 12.4. The van der Waals surface area contributed by atoms with Crippen LogP contribution < -0.4 is 21.5 Å². The second-order valence-corrected chi connectivity index (χ2v) is 6.11. The third-order valence-corrected chi connectivity index (χ3v) is 4.16. The quantitative estimate of drug-likeness (QED) is 0.355. The number of ether oxygens (including phenoxy) is 1. The highest BCUT2D eigenvalue weighted by Crippen LogP contribution is 2.45. The molecule has 1 atom stereocenters. The van der Waals surface area contributed by atoms with Crippen LogP contribution in [0.15, 0.2) is 23.2 Å². The van der Waals surface area contributed by atoms with E-state index in [-0.39, 0.29) is 18.0 Å². The summed E-state index contributed by atoms with van der Waals surface area (Å²) in [5.41, 5.74) is 11.2. The Balaban J connectivity index is 2.19. The number of nitrogens with one attached hydrogen (secondary N) is 1. The highest BCUT2D eigenvalue weighted by Gasteiger charge is 2.44. The van der Waals surface area contributed by atoms with Gasteiger partial charge >= 0.3 is 0 Å². The molecule has 1 fully saturated rings. The smallest absolute Gasteiger partial charge is 0.270 e. The Morgan fingerprint density at radius 3 is 2.69 bits per heavy atom. The first-order valence-corrected chi connectivity index (χ1v) is 7.97. The van der Waals surface area contributed by atoms with Gasteiger partial charge in [-0.1, -0.05) is 0 Å². The van der Waals surface area contributed by atoms with Gasteiger partial charge in [-0.2, -0.15) is 5.26 Å². The van der Waals surface area contributed by atoms with Gasteiger partial charge in [0, 0.05) is 18.3 Å². The van der Waals surface area contributed by atoms with E-state index in [4.69, 9.17) is 26.6 Å². The van der Waals surface area contributed by atoms with Crippen molar-refractivity contribution in [2.24, 2.45) is 16.1 Å². The van der Waals surface area contributed by atoms with E-state index in [0.29, 0.717) is 11.3 Å². The molecule has 0 spiro atoms. The average molecular weight is 359 g/mol. The molecule has 0 bridgehead atoms. The number of carbonyl (C=O) groups is 2. The Bertz CT molecular complexity index is 780. The van der Waals surface area contributed by atoms with Crippen molar-refractivity contribution in [3.05, 3.63) is 23.8 Å². The molecular weight excluding hydrogens is 338 g/mol. The van der Waals surface area contributed by atoms with Gasteiger partial charge in [-0.3, -0.25) is 14.6 Å². The Morgan fingerprint density at radius 2 is 2.19 bits per heavy atom. The fraction of sp³-hybridized carbons (Fsp3) is 0.412. The average Bonchev–Trinajstić information content (AvgIpc) is 3.41. The van der Waals surface area contributed by atoms with E-state index in [0.717, 1.165) is 12.8 Å². The third kappa shape index (κ3) is 4.29. The van der Waals surface area contributed by atoms with E-state index >= 15 is 0 Å². The molecule has 0 heterocycles. The fourth-order valence-corrected chi connectivity index (χ4v) is 2.27. The molecule has 26 heavy (non-hydrogen) atoms. The molecule has 0 radical (unpaired) electrons. The van der Waals surface area contributed by atoms with Gasteiger partial charge in [0.25, 0.3) is 5.91 Å². The first-order valence-electron chi connectivity index (χ1n) is 7.97. The first kappa shape index (κ1) is 19.2. The Hall–Kier alpha value is -3.12. The maximum Gasteiger partial charge on any atom is 0.270 e. The van der Waals surface area contributed by atoms with E-state index in [2.05, 4.69) is 16.4 Å². The number of amides is 2. The molecule has 9 nitrogen and oxygen atoms in total. The summed E-state index contributed by atoms with van der Waals surface area (Å²) in [5, 5.41) is 20.5. The summed E-state index contributed by atoms with van der Waals surface area (Å²) in [5.74, 6) is -1.13. The monoisotopic (exact) mass is 359 g/mol. The van der Waals surface area contributed by atoms with Crippen molar-refractivity contribution < 1.29 is 19.4 Å². The summed E-state index contributed by atoms with van der Waals surface area (Å²) in [6.45, 7) is -0.376. The molecule has 1 aromatic carbocycles. The Morgan fingerprint density at radius 1 is 1.50 bits per heavy atom. The number of hydrogen-bond donors (Lipinski definition) is 4. The molecular formula is C17H21N5O4. The normalized spacial score (nSPS) is 16.3. The number of aliphatic hydroxyl groups is 1. The molecule has 6 N–H and O–H groups in total. The van der Waals surface area contributed by atoms with Crippen LogP contribution in [0.3, 0.4) is 0 Å². The van der Waals surface area contributed by atoms with Crippen molar-refractivity contribution >= 4 is 23.2 Å². The lowest BCUT2D eigenvalue weighted by atomic mass is 10.1. The van der Waals surface area contributed by atoms with Crippen LogP contribution in [0.5, 0.6) is 5.75 Å². The molecule has 9 heteroatoms. The van der Waals surface area contributed by atoms with Crippen molar-refractivity contribution in [1.82, 2.24) is 5.32 Å². The zero-order chi connectivity index (χ0) is 19.3. The number of nitrogen functional groups attached to an aromatic ring is 1. The van der Waals surface area contributed by atoms with Gasteiger partial charge in [0.05, 0.1) is 18.1 Å². The van der Waals surface area contributed by atoms with E-state index in [1.54, 1.807) is 18.2 Å². The number of nitrogens with zero attached hydrogens (tertiary/aromatic N) is 2. The van der Waals surface area contributed by atoms with Crippen LogP contribution in [0, 0.1) is 16.7 Å². The lowest BCUT2D eigenvalue weighted by Crippen LogP contribution is -2.49. The van der Waals surface area contributed by atoms with Crippen LogP contribution in [-0.4, -0.2) is 48.9 Å². The van der Waals surface area contributed by atoms with Crippen LogP contribution in [0.25, 0.3) is 0 Å². The fourth-order valence-electron chi connectivity index (χ4n) is 2.27. The van der Waals surface area contributed by atoms with E-state index in [1.165, 1.54) is 7.05 Å². The van der Waals surface area contributed by atoms with Gasteiger partial charge in [-0.25, -0.2) is 0 Å². The summed E-state index contributed by atoms with van der Waals surface area (Å²) >= 11 is 0. The largest absolute Gasteiger partial charge is 0.492 e. The topological polar surface area (TPSA) is 164 Å². The van der Waals surface area contributed by atoms with Crippen LogP contribution in [0.2, 0.25) is 0 Å². The van der Waals surface area contributed by atoms with Crippen molar-refractivity contribution in [2.45, 2.75) is 18.9 Å². The summed E-state index contributed by atoms with van der Waals surface area (Å²) < 4.78 is 5.66. The second-order valence-electron chi connectivity index (χ2n) is 6.11. The molecule has 1 unspecified atom stereocenters. The van der Waals surface area contributed by atoms with Gasteiger partial charge in [0.15, 0.2) is 0 Å². The second kappa shape index (κ2) is 7.84. The van der Waals surface area contributed by atoms with Gasteiger partial charge in [0.2, 0.25) is 5.91 Å². The number of nitrogens with two attached hydrogens (primary N) is 2. The van der Waals surface area contributed by atoms with E-state index in [9.17, 15) is 9.59 Å². The van der Waals surface area contributed by atoms with Gasteiger partial charge in [0.1, 0.15) is 24.1 Å². The number of carbonyl (C=O) groups excluding carboxylic acids is 2. The molecule has 2 rings (SSSR count). The van der Waals surface area contributed by atoms with E-state index in [1.807, 2.05) is 0 Å². The molecule has 138 valence electrons. The van der Waals surface area contributed by atoms with Gasteiger partial charge in [-0.05, 0) is 31.0 Å². The number of aliphatic imine (C=N–C) groups is 1. The zero-order valence-corrected chi connectivity index (χ0v) is 14.4. The van der Waals surface area contributed by atoms with Gasteiger partial charge < -0.3 is 26.6 Å². The Kier molecular flexibility index (Phi) is 5.79. The van der Waals surface area contributed by atoms with Crippen molar-refractivity contribution in [2.75, 3.05) is 26.0 Å². The summed E-state index contributed by atoms with van der Waals surface area (Å²) in [4.78, 5) is 27.5. The van der Waals surface area contributed by atoms with Crippen LogP contribution in [-0.2, 0) is 9.59 Å².